The van der Waals surface area contributed by atoms with Gasteiger partial charge < -0.3 is 19.9 Å². The quantitative estimate of drug-likeness (QED) is 0.520. The van der Waals surface area contributed by atoms with Crippen LogP contribution in [0, 0.1) is 5.92 Å². The second kappa shape index (κ2) is 9.35. The van der Waals surface area contributed by atoms with Crippen LogP contribution in [0.5, 0.6) is 5.75 Å². The molecule has 1 aromatic carbocycles. The van der Waals surface area contributed by atoms with E-state index < -0.39 is 0 Å². The zero-order chi connectivity index (χ0) is 21.9. The van der Waals surface area contributed by atoms with Gasteiger partial charge in [0.05, 0.1) is 18.6 Å². The summed E-state index contributed by atoms with van der Waals surface area (Å²) >= 11 is 0. The molecule has 0 spiro atoms. The van der Waals surface area contributed by atoms with E-state index in [1.165, 1.54) is 0 Å². The number of rotatable bonds is 6. The van der Waals surface area contributed by atoms with Crippen molar-refractivity contribution >= 4 is 12.1 Å². The van der Waals surface area contributed by atoms with Gasteiger partial charge in [-0.3, -0.25) is 20.4 Å². The fraction of sp³-hybridized carbons (Fsp3) is 0.545. The zero-order valence-electron chi connectivity index (χ0n) is 18.3. The van der Waals surface area contributed by atoms with Crippen LogP contribution in [0.4, 0.5) is 0 Å². The molecule has 1 saturated heterocycles. The number of nitrogens with one attached hydrogen (secondary N) is 4. The molecule has 10 heteroatoms. The lowest BCUT2D eigenvalue weighted by molar-refractivity contribution is -0.126. The second-order valence-corrected chi connectivity index (χ2v) is 8.56. The number of benzene rings is 1. The number of nitrogens with zero attached hydrogens (tertiary/aromatic N) is 4. The molecule has 4 heterocycles. The van der Waals surface area contributed by atoms with E-state index in [1.54, 1.807) is 0 Å². The third-order valence-electron chi connectivity index (χ3n) is 6.46. The van der Waals surface area contributed by atoms with Crippen molar-refractivity contribution in [1.29, 1.82) is 0 Å². The maximum atomic E-state index is 12.9. The van der Waals surface area contributed by atoms with Crippen molar-refractivity contribution in [2.45, 2.75) is 44.1 Å². The van der Waals surface area contributed by atoms with Crippen LogP contribution in [0.15, 0.2) is 29.3 Å². The van der Waals surface area contributed by atoms with E-state index in [9.17, 15) is 4.79 Å². The molecule has 1 amide bonds. The minimum Gasteiger partial charge on any atom is -0.491 e. The van der Waals surface area contributed by atoms with Gasteiger partial charge in [0.2, 0.25) is 5.91 Å². The standard InChI is InChI=1S/C22H30N8O2/c1-30-20(28-29-21(30)16-7-8-23-13-26-16)11-25-19-10-14(6-9-24-19)22(31)27-17-12-32-18-5-3-2-4-15(17)18/h2-5,9,14,16-17,19,23,25-26H,6-8,10-13H2,1H3,(H,27,31)/t14?,16?,17-,19?/m0/s1. The number of carbonyl (C=O) groups is 1. The topological polar surface area (TPSA) is 117 Å². The molecule has 170 valence electrons. The van der Waals surface area contributed by atoms with E-state index >= 15 is 0 Å². The van der Waals surface area contributed by atoms with Gasteiger partial charge in [-0.1, -0.05) is 18.2 Å². The van der Waals surface area contributed by atoms with E-state index in [-0.39, 0.29) is 30.1 Å². The van der Waals surface area contributed by atoms with E-state index in [0.717, 1.165) is 42.6 Å². The van der Waals surface area contributed by atoms with Crippen LogP contribution in [0.1, 0.15) is 48.6 Å². The average molecular weight is 439 g/mol. The smallest absolute Gasteiger partial charge is 0.224 e. The first-order valence-electron chi connectivity index (χ1n) is 11.3. The fourth-order valence-electron chi connectivity index (χ4n) is 4.56. The van der Waals surface area contributed by atoms with Crippen molar-refractivity contribution in [2.24, 2.45) is 18.0 Å². The van der Waals surface area contributed by atoms with E-state index in [0.29, 0.717) is 26.0 Å². The lowest BCUT2D eigenvalue weighted by atomic mass is 9.96. The Hall–Kier alpha value is -2.82. The van der Waals surface area contributed by atoms with Gasteiger partial charge >= 0.3 is 0 Å². The van der Waals surface area contributed by atoms with Crippen LogP contribution in [0.2, 0.25) is 0 Å². The van der Waals surface area contributed by atoms with Crippen LogP contribution >= 0.6 is 0 Å². The monoisotopic (exact) mass is 438 g/mol. The molecular formula is C22H30N8O2. The summed E-state index contributed by atoms with van der Waals surface area (Å²) in [6.45, 7) is 2.78. The number of para-hydroxylation sites is 1. The highest BCUT2D eigenvalue weighted by Gasteiger charge is 2.30. The van der Waals surface area contributed by atoms with E-state index in [4.69, 9.17) is 4.74 Å². The normalized spacial score (nSPS) is 27.0. The molecule has 4 atom stereocenters. The molecule has 0 saturated carbocycles. The van der Waals surface area contributed by atoms with Gasteiger partial charge in [0.15, 0.2) is 0 Å². The highest BCUT2D eigenvalue weighted by molar-refractivity contribution is 5.82. The number of hydrogen-bond acceptors (Lipinski definition) is 8. The molecule has 1 aromatic heterocycles. The van der Waals surface area contributed by atoms with Crippen LogP contribution in [-0.4, -0.2) is 52.9 Å². The van der Waals surface area contributed by atoms with Crippen molar-refractivity contribution < 1.29 is 9.53 Å². The first kappa shape index (κ1) is 21.0. The van der Waals surface area contributed by atoms with Gasteiger partial charge in [0.1, 0.15) is 30.2 Å². The SMILES string of the molecule is Cn1c(CNC2CC(C(=O)N[C@H]3COc4ccccc43)CC=N2)nnc1C1CCNCN1. The Morgan fingerprint density at radius 1 is 1.31 bits per heavy atom. The van der Waals surface area contributed by atoms with Crippen molar-refractivity contribution in [1.82, 2.24) is 36.0 Å². The van der Waals surface area contributed by atoms with Crippen LogP contribution in [-0.2, 0) is 18.4 Å². The molecule has 0 bridgehead atoms. The number of fused-ring (bicyclic) bond motifs is 1. The number of hydrogen-bond donors (Lipinski definition) is 4. The molecule has 0 radical (unpaired) electrons. The molecule has 1 fully saturated rings. The zero-order valence-corrected chi connectivity index (χ0v) is 18.3. The summed E-state index contributed by atoms with van der Waals surface area (Å²) < 4.78 is 7.73. The Kier molecular flexibility index (Phi) is 6.15. The van der Waals surface area contributed by atoms with Crippen molar-refractivity contribution in [3.8, 4) is 5.75 Å². The van der Waals surface area contributed by atoms with Crippen molar-refractivity contribution in [3.63, 3.8) is 0 Å². The third kappa shape index (κ3) is 4.38. The minimum atomic E-state index is -0.122. The van der Waals surface area contributed by atoms with Gasteiger partial charge in [0.25, 0.3) is 0 Å². The van der Waals surface area contributed by atoms with Crippen molar-refractivity contribution in [2.75, 3.05) is 19.8 Å². The number of ether oxygens (including phenoxy) is 1. The Morgan fingerprint density at radius 2 is 2.22 bits per heavy atom. The molecule has 3 unspecified atom stereocenters. The summed E-state index contributed by atoms with van der Waals surface area (Å²) in [5.41, 5.74) is 1.04. The fourth-order valence-corrected chi connectivity index (χ4v) is 4.56. The number of amides is 1. The molecule has 2 aromatic rings. The second-order valence-electron chi connectivity index (χ2n) is 8.56. The highest BCUT2D eigenvalue weighted by Crippen LogP contribution is 2.32. The van der Waals surface area contributed by atoms with Crippen LogP contribution in [0.25, 0.3) is 0 Å². The Labute approximate surface area is 187 Å². The maximum absolute atomic E-state index is 12.9. The van der Waals surface area contributed by atoms with Gasteiger partial charge in [-0.25, -0.2) is 0 Å². The third-order valence-corrected chi connectivity index (χ3v) is 6.46. The van der Waals surface area contributed by atoms with Gasteiger partial charge in [-0.05, 0) is 31.9 Å². The lowest BCUT2D eigenvalue weighted by Crippen LogP contribution is -2.41. The van der Waals surface area contributed by atoms with Crippen molar-refractivity contribution in [3.05, 3.63) is 41.5 Å². The summed E-state index contributed by atoms with van der Waals surface area (Å²) in [5.74, 6) is 2.59. The summed E-state index contributed by atoms with van der Waals surface area (Å²) in [6.07, 6.45) is 4.02. The maximum Gasteiger partial charge on any atom is 0.224 e. The Morgan fingerprint density at radius 3 is 3.09 bits per heavy atom. The Balaban J connectivity index is 1.15. The molecule has 10 nitrogen and oxygen atoms in total. The number of aromatic nitrogens is 3. The molecule has 3 aliphatic rings. The molecule has 32 heavy (non-hydrogen) atoms. The largest absolute Gasteiger partial charge is 0.491 e. The van der Waals surface area contributed by atoms with Crippen LogP contribution < -0.4 is 26.0 Å². The van der Waals surface area contributed by atoms with E-state index in [1.807, 2.05) is 42.1 Å². The highest BCUT2D eigenvalue weighted by atomic mass is 16.5. The summed E-state index contributed by atoms with van der Waals surface area (Å²) in [4.78, 5) is 17.5. The predicted molar refractivity (Wildman–Crippen MR) is 119 cm³/mol. The Bertz CT molecular complexity index is 984. The molecule has 0 aliphatic carbocycles. The van der Waals surface area contributed by atoms with Gasteiger partial charge in [-0.2, -0.15) is 0 Å². The minimum absolute atomic E-state index is 0.0474. The first-order chi connectivity index (χ1) is 15.7. The lowest BCUT2D eigenvalue weighted by Gasteiger charge is -2.25. The van der Waals surface area contributed by atoms with Crippen LogP contribution in [0.3, 0.4) is 0 Å². The average Bonchev–Trinajstić information content (AvgIpc) is 3.42. The molecule has 3 aliphatic heterocycles. The van der Waals surface area contributed by atoms with Gasteiger partial charge in [-0.15, -0.1) is 10.2 Å². The predicted octanol–water partition coefficient (Wildman–Crippen LogP) is 0.543. The first-order valence-corrected chi connectivity index (χ1v) is 11.3. The molecule has 4 N–H and O–H groups in total. The summed E-state index contributed by atoms with van der Waals surface area (Å²) in [6, 6.07) is 7.99. The van der Waals surface area contributed by atoms with Gasteiger partial charge in [0, 0.05) is 31.4 Å². The summed E-state index contributed by atoms with van der Waals surface area (Å²) in [7, 11) is 2.00. The van der Waals surface area contributed by atoms with E-state index in [2.05, 4.69) is 36.5 Å². The number of carbonyl (C=O) groups excluding carboxylic acids is 1. The number of aliphatic imine (C=N–C) groups is 1. The molecular weight excluding hydrogens is 408 g/mol. The molecule has 5 rings (SSSR count). The summed E-state index contributed by atoms with van der Waals surface area (Å²) in [5, 5.41) is 22.0.